The standard InChI is InChI=1S/C8H16O/c1-7(6-9-2)5-8-3-4-8/h7-8H,3-6H2,1-2H3. The van der Waals surface area contributed by atoms with Crippen LogP contribution in [0, 0.1) is 11.8 Å². The van der Waals surface area contributed by atoms with Crippen molar-refractivity contribution in [1.82, 2.24) is 0 Å². The van der Waals surface area contributed by atoms with E-state index in [0.29, 0.717) is 0 Å². The van der Waals surface area contributed by atoms with E-state index in [9.17, 15) is 0 Å². The van der Waals surface area contributed by atoms with E-state index >= 15 is 0 Å². The second-order valence-electron chi connectivity index (χ2n) is 3.24. The zero-order chi connectivity index (χ0) is 6.69. The molecule has 1 fully saturated rings. The molecule has 0 radical (unpaired) electrons. The second kappa shape index (κ2) is 3.21. The fourth-order valence-corrected chi connectivity index (χ4v) is 1.28. The number of hydrogen-bond acceptors (Lipinski definition) is 1. The molecule has 0 N–H and O–H groups in total. The van der Waals surface area contributed by atoms with Crippen LogP contribution in [-0.2, 0) is 4.74 Å². The van der Waals surface area contributed by atoms with Crippen LogP contribution in [0.5, 0.6) is 0 Å². The quantitative estimate of drug-likeness (QED) is 0.563. The molecule has 9 heavy (non-hydrogen) atoms. The van der Waals surface area contributed by atoms with Crippen molar-refractivity contribution in [2.75, 3.05) is 13.7 Å². The summed E-state index contributed by atoms with van der Waals surface area (Å²) in [6.45, 7) is 3.21. The molecule has 0 aliphatic heterocycles. The molecule has 0 bridgehead atoms. The lowest BCUT2D eigenvalue weighted by Gasteiger charge is -2.07. The lowest BCUT2D eigenvalue weighted by molar-refractivity contribution is 0.153. The minimum absolute atomic E-state index is 0.780. The van der Waals surface area contributed by atoms with Crippen molar-refractivity contribution in [3.05, 3.63) is 0 Å². The van der Waals surface area contributed by atoms with Crippen molar-refractivity contribution in [2.24, 2.45) is 11.8 Å². The van der Waals surface area contributed by atoms with Crippen molar-refractivity contribution in [1.29, 1.82) is 0 Å². The fourth-order valence-electron chi connectivity index (χ4n) is 1.28. The van der Waals surface area contributed by atoms with E-state index in [4.69, 9.17) is 4.74 Å². The first-order valence-electron chi connectivity index (χ1n) is 3.82. The topological polar surface area (TPSA) is 9.23 Å². The minimum atomic E-state index is 0.780. The highest BCUT2D eigenvalue weighted by atomic mass is 16.5. The summed E-state index contributed by atoms with van der Waals surface area (Å²) in [6.07, 6.45) is 4.32. The van der Waals surface area contributed by atoms with Gasteiger partial charge in [0.15, 0.2) is 0 Å². The van der Waals surface area contributed by atoms with E-state index < -0.39 is 0 Å². The molecule has 1 aliphatic carbocycles. The summed E-state index contributed by atoms with van der Waals surface area (Å²) < 4.78 is 5.03. The zero-order valence-electron chi connectivity index (χ0n) is 6.39. The minimum Gasteiger partial charge on any atom is -0.384 e. The monoisotopic (exact) mass is 128 g/mol. The maximum atomic E-state index is 5.03. The Balaban J connectivity index is 1.95. The summed E-state index contributed by atoms with van der Waals surface area (Å²) in [5.41, 5.74) is 0. The van der Waals surface area contributed by atoms with Gasteiger partial charge in [0.1, 0.15) is 0 Å². The first kappa shape index (κ1) is 7.07. The molecular weight excluding hydrogens is 112 g/mol. The van der Waals surface area contributed by atoms with Gasteiger partial charge in [0.05, 0.1) is 0 Å². The Kier molecular flexibility index (Phi) is 2.52. The third-order valence-electron chi connectivity index (χ3n) is 1.88. The molecule has 0 saturated heterocycles. The summed E-state index contributed by atoms with van der Waals surface area (Å²) in [7, 11) is 1.78. The van der Waals surface area contributed by atoms with Crippen LogP contribution in [0.3, 0.4) is 0 Å². The van der Waals surface area contributed by atoms with Crippen molar-refractivity contribution in [3.63, 3.8) is 0 Å². The Bertz CT molecular complexity index is 76.6. The Labute approximate surface area is 57.4 Å². The molecule has 1 atom stereocenters. The van der Waals surface area contributed by atoms with E-state index in [1.807, 2.05) is 0 Å². The first-order chi connectivity index (χ1) is 4.33. The largest absolute Gasteiger partial charge is 0.384 e. The summed E-state index contributed by atoms with van der Waals surface area (Å²) in [5.74, 6) is 1.83. The molecular formula is C8H16O. The summed E-state index contributed by atoms with van der Waals surface area (Å²) in [6, 6.07) is 0. The molecule has 0 aromatic carbocycles. The molecule has 1 aliphatic rings. The number of rotatable bonds is 4. The van der Waals surface area contributed by atoms with Gasteiger partial charge < -0.3 is 4.74 Å². The van der Waals surface area contributed by atoms with Gasteiger partial charge in [0, 0.05) is 13.7 Å². The highest BCUT2D eigenvalue weighted by Gasteiger charge is 2.23. The third kappa shape index (κ3) is 2.85. The second-order valence-corrected chi connectivity index (χ2v) is 3.24. The summed E-state index contributed by atoms with van der Waals surface area (Å²) in [4.78, 5) is 0. The van der Waals surface area contributed by atoms with Gasteiger partial charge in [-0.2, -0.15) is 0 Å². The average molecular weight is 128 g/mol. The SMILES string of the molecule is COCC(C)CC1CC1. The van der Waals surface area contributed by atoms with E-state index in [1.54, 1.807) is 7.11 Å². The van der Waals surface area contributed by atoms with Crippen LogP contribution >= 0.6 is 0 Å². The molecule has 1 heteroatoms. The molecule has 0 heterocycles. The van der Waals surface area contributed by atoms with Gasteiger partial charge in [-0.3, -0.25) is 0 Å². The number of ether oxygens (including phenoxy) is 1. The molecule has 0 aromatic heterocycles. The molecule has 1 unspecified atom stereocenters. The molecule has 0 spiro atoms. The highest BCUT2D eigenvalue weighted by Crippen LogP contribution is 2.35. The average Bonchev–Trinajstić information content (AvgIpc) is 2.50. The van der Waals surface area contributed by atoms with Crippen LogP contribution in [0.25, 0.3) is 0 Å². The Morgan fingerprint density at radius 2 is 2.22 bits per heavy atom. The molecule has 54 valence electrons. The maximum Gasteiger partial charge on any atom is 0.0487 e. The van der Waals surface area contributed by atoms with Crippen molar-refractivity contribution >= 4 is 0 Å². The fraction of sp³-hybridized carbons (Fsp3) is 1.00. The predicted molar refractivity (Wildman–Crippen MR) is 38.4 cm³/mol. The highest BCUT2D eigenvalue weighted by molar-refractivity contribution is 4.74. The Hall–Kier alpha value is -0.0400. The normalized spacial score (nSPS) is 22.0. The van der Waals surface area contributed by atoms with Gasteiger partial charge in [-0.1, -0.05) is 19.8 Å². The van der Waals surface area contributed by atoms with Crippen LogP contribution in [0.4, 0.5) is 0 Å². The van der Waals surface area contributed by atoms with Crippen molar-refractivity contribution < 1.29 is 4.74 Å². The Morgan fingerprint density at radius 3 is 2.67 bits per heavy atom. The third-order valence-corrected chi connectivity index (χ3v) is 1.88. The van der Waals surface area contributed by atoms with Crippen molar-refractivity contribution in [3.8, 4) is 0 Å². The van der Waals surface area contributed by atoms with Gasteiger partial charge in [-0.25, -0.2) is 0 Å². The van der Waals surface area contributed by atoms with Gasteiger partial charge in [0.25, 0.3) is 0 Å². The van der Waals surface area contributed by atoms with Gasteiger partial charge in [-0.05, 0) is 18.3 Å². The Morgan fingerprint density at radius 1 is 1.56 bits per heavy atom. The molecule has 0 aromatic rings. The summed E-state index contributed by atoms with van der Waals surface area (Å²) in [5, 5.41) is 0. The lowest BCUT2D eigenvalue weighted by Crippen LogP contribution is -2.03. The van der Waals surface area contributed by atoms with Gasteiger partial charge in [-0.15, -0.1) is 0 Å². The number of methoxy groups -OCH3 is 1. The molecule has 1 saturated carbocycles. The predicted octanol–water partition coefficient (Wildman–Crippen LogP) is 2.07. The van der Waals surface area contributed by atoms with E-state index in [2.05, 4.69) is 6.92 Å². The van der Waals surface area contributed by atoms with Crippen LogP contribution in [0.2, 0.25) is 0 Å². The molecule has 1 nitrogen and oxygen atoms in total. The first-order valence-corrected chi connectivity index (χ1v) is 3.82. The van der Waals surface area contributed by atoms with E-state index in [1.165, 1.54) is 19.3 Å². The van der Waals surface area contributed by atoms with Crippen LogP contribution < -0.4 is 0 Å². The molecule has 0 amide bonds. The number of hydrogen-bond donors (Lipinski definition) is 0. The van der Waals surface area contributed by atoms with E-state index in [-0.39, 0.29) is 0 Å². The van der Waals surface area contributed by atoms with Crippen LogP contribution in [-0.4, -0.2) is 13.7 Å². The zero-order valence-corrected chi connectivity index (χ0v) is 6.39. The lowest BCUT2D eigenvalue weighted by atomic mass is 10.1. The molecule has 1 rings (SSSR count). The van der Waals surface area contributed by atoms with Crippen LogP contribution in [0.1, 0.15) is 26.2 Å². The van der Waals surface area contributed by atoms with E-state index in [0.717, 1.165) is 18.4 Å². The smallest absolute Gasteiger partial charge is 0.0487 e. The van der Waals surface area contributed by atoms with Crippen molar-refractivity contribution in [2.45, 2.75) is 26.2 Å². The van der Waals surface area contributed by atoms with Crippen LogP contribution in [0.15, 0.2) is 0 Å². The van der Waals surface area contributed by atoms with Gasteiger partial charge in [0.2, 0.25) is 0 Å². The maximum absolute atomic E-state index is 5.03. The summed E-state index contributed by atoms with van der Waals surface area (Å²) >= 11 is 0. The van der Waals surface area contributed by atoms with Gasteiger partial charge >= 0.3 is 0 Å².